The highest BCUT2D eigenvalue weighted by atomic mass is 32.1. The van der Waals surface area contributed by atoms with Gasteiger partial charge in [-0.2, -0.15) is 0 Å². The Labute approximate surface area is 77.6 Å². The van der Waals surface area contributed by atoms with E-state index in [1.54, 1.807) is 5.38 Å². The number of carbonyl (C=O) groups is 1. The third-order valence-corrected chi connectivity index (χ3v) is 2.73. The van der Waals surface area contributed by atoms with Crippen molar-refractivity contribution in [1.82, 2.24) is 4.98 Å². The van der Waals surface area contributed by atoms with Gasteiger partial charge >= 0.3 is 0 Å². The van der Waals surface area contributed by atoms with Crippen LogP contribution < -0.4 is 0 Å². The normalized spacial score (nSPS) is 21.1. The molecule has 0 N–H and O–H groups in total. The average Bonchev–Trinajstić information content (AvgIpc) is 2.50. The fourth-order valence-electron chi connectivity index (χ4n) is 1.39. The minimum Gasteiger partial charge on any atom is -0.292 e. The van der Waals surface area contributed by atoms with E-state index in [0.29, 0.717) is 5.69 Å². The van der Waals surface area contributed by atoms with Gasteiger partial charge in [-0.15, -0.1) is 11.3 Å². The van der Waals surface area contributed by atoms with Gasteiger partial charge in [-0.1, -0.05) is 0 Å². The zero-order valence-electron chi connectivity index (χ0n) is 6.67. The lowest BCUT2D eigenvalue weighted by Crippen LogP contribution is -2.40. The van der Waals surface area contributed by atoms with Crippen molar-refractivity contribution < 1.29 is 13.6 Å². The zero-order valence-corrected chi connectivity index (χ0v) is 7.48. The van der Waals surface area contributed by atoms with Crippen LogP contribution in [0.1, 0.15) is 23.3 Å². The summed E-state index contributed by atoms with van der Waals surface area (Å²) in [5.74, 6) is -3.39. The molecule has 1 saturated carbocycles. The number of alkyl halides is 2. The molecule has 0 radical (unpaired) electrons. The van der Waals surface area contributed by atoms with Crippen molar-refractivity contribution in [2.75, 3.05) is 0 Å². The lowest BCUT2D eigenvalue weighted by atomic mass is 9.78. The van der Waals surface area contributed by atoms with Crippen molar-refractivity contribution in [2.24, 2.45) is 5.92 Å². The Bertz CT molecular complexity index is 315. The number of Topliss-reactive ketones (excluding diaryl/α,β-unsaturated/α-hetero) is 1. The maximum Gasteiger partial charge on any atom is 0.249 e. The first-order valence-corrected chi connectivity index (χ1v) is 4.83. The van der Waals surface area contributed by atoms with Crippen LogP contribution in [0.2, 0.25) is 0 Å². The van der Waals surface area contributed by atoms with E-state index in [-0.39, 0.29) is 18.6 Å². The lowest BCUT2D eigenvalue weighted by molar-refractivity contribution is -0.0982. The highest BCUT2D eigenvalue weighted by Gasteiger charge is 2.48. The van der Waals surface area contributed by atoms with Crippen molar-refractivity contribution >= 4 is 17.1 Å². The molecule has 0 aromatic carbocycles. The number of nitrogens with zero attached hydrogens (tertiary/aromatic N) is 1. The maximum absolute atomic E-state index is 12.4. The number of ketones is 1. The Morgan fingerprint density at radius 2 is 2.31 bits per heavy atom. The minimum atomic E-state index is -2.63. The van der Waals surface area contributed by atoms with Crippen molar-refractivity contribution in [2.45, 2.75) is 18.8 Å². The Morgan fingerprint density at radius 3 is 2.77 bits per heavy atom. The first-order chi connectivity index (χ1) is 6.08. The fourth-order valence-corrected chi connectivity index (χ4v) is 1.93. The summed E-state index contributed by atoms with van der Waals surface area (Å²) < 4.78 is 24.8. The Balaban J connectivity index is 2.02. The Hall–Kier alpha value is -0.840. The first kappa shape index (κ1) is 8.74. The largest absolute Gasteiger partial charge is 0.292 e. The molecule has 1 aliphatic rings. The summed E-state index contributed by atoms with van der Waals surface area (Å²) in [6.45, 7) is 0. The molecule has 5 heteroatoms. The van der Waals surface area contributed by atoms with Crippen molar-refractivity contribution in [3.63, 3.8) is 0 Å². The third-order valence-electron chi connectivity index (χ3n) is 2.15. The number of aromatic nitrogens is 1. The second-order valence-electron chi connectivity index (χ2n) is 3.20. The van der Waals surface area contributed by atoms with Crippen molar-refractivity contribution in [3.05, 3.63) is 16.6 Å². The molecule has 0 saturated heterocycles. The smallest absolute Gasteiger partial charge is 0.249 e. The van der Waals surface area contributed by atoms with Gasteiger partial charge in [-0.3, -0.25) is 4.79 Å². The van der Waals surface area contributed by atoms with Gasteiger partial charge in [-0.05, 0) is 0 Å². The summed E-state index contributed by atoms with van der Waals surface area (Å²) in [5.41, 5.74) is 1.86. The molecule has 0 spiro atoms. The minimum absolute atomic E-state index is 0.243. The van der Waals surface area contributed by atoms with E-state index >= 15 is 0 Å². The molecule has 1 heterocycles. The van der Waals surface area contributed by atoms with Gasteiger partial charge < -0.3 is 0 Å². The van der Waals surface area contributed by atoms with E-state index in [1.165, 1.54) is 16.8 Å². The van der Waals surface area contributed by atoms with Gasteiger partial charge in [0, 0.05) is 24.1 Å². The van der Waals surface area contributed by atoms with Crippen LogP contribution in [0.4, 0.5) is 8.78 Å². The molecule has 2 rings (SSSR count). The fraction of sp³-hybridized carbons (Fsp3) is 0.500. The number of halogens is 2. The van der Waals surface area contributed by atoms with Crippen LogP contribution in [0.5, 0.6) is 0 Å². The molecule has 1 aliphatic carbocycles. The van der Waals surface area contributed by atoms with Gasteiger partial charge in [0.1, 0.15) is 5.69 Å². The predicted molar refractivity (Wildman–Crippen MR) is 44.1 cm³/mol. The molecule has 2 nitrogen and oxygen atoms in total. The SMILES string of the molecule is O=C(c1cscn1)C1CC(F)(F)C1. The molecule has 1 fully saturated rings. The van der Waals surface area contributed by atoms with Gasteiger partial charge in [0.15, 0.2) is 5.78 Å². The number of hydrogen-bond acceptors (Lipinski definition) is 3. The molecule has 0 amide bonds. The molecular weight excluding hydrogens is 196 g/mol. The maximum atomic E-state index is 12.4. The third kappa shape index (κ3) is 1.60. The van der Waals surface area contributed by atoms with Crippen LogP contribution in [-0.2, 0) is 0 Å². The molecular formula is C8H7F2NOS. The van der Waals surface area contributed by atoms with Gasteiger partial charge in [-0.25, -0.2) is 13.8 Å². The predicted octanol–water partition coefficient (Wildman–Crippen LogP) is 2.37. The van der Waals surface area contributed by atoms with Crippen LogP contribution in [-0.4, -0.2) is 16.7 Å². The molecule has 0 atom stereocenters. The summed E-state index contributed by atoms with van der Waals surface area (Å²) in [6, 6.07) is 0. The first-order valence-electron chi connectivity index (χ1n) is 3.89. The van der Waals surface area contributed by atoms with E-state index in [0.717, 1.165) is 0 Å². The van der Waals surface area contributed by atoms with Crippen LogP contribution in [0.15, 0.2) is 10.9 Å². The summed E-state index contributed by atoms with van der Waals surface area (Å²) in [4.78, 5) is 15.2. The van der Waals surface area contributed by atoms with Gasteiger partial charge in [0.05, 0.1) is 5.51 Å². The molecule has 1 aromatic rings. The monoisotopic (exact) mass is 203 g/mol. The van der Waals surface area contributed by atoms with E-state index in [9.17, 15) is 13.6 Å². The quantitative estimate of drug-likeness (QED) is 0.691. The van der Waals surface area contributed by atoms with Crippen LogP contribution in [0.25, 0.3) is 0 Å². The molecule has 70 valence electrons. The zero-order chi connectivity index (χ0) is 9.47. The number of rotatable bonds is 2. The van der Waals surface area contributed by atoms with E-state index in [4.69, 9.17) is 0 Å². The molecule has 0 unspecified atom stereocenters. The topological polar surface area (TPSA) is 30.0 Å². The lowest BCUT2D eigenvalue weighted by Gasteiger charge is -2.33. The molecule has 1 aromatic heterocycles. The van der Waals surface area contributed by atoms with Crippen LogP contribution in [0.3, 0.4) is 0 Å². The molecule has 0 bridgehead atoms. The summed E-state index contributed by atoms with van der Waals surface area (Å²) in [6.07, 6.45) is -0.632. The molecule has 0 aliphatic heterocycles. The summed E-state index contributed by atoms with van der Waals surface area (Å²) in [7, 11) is 0. The van der Waals surface area contributed by atoms with Crippen molar-refractivity contribution in [3.8, 4) is 0 Å². The second-order valence-corrected chi connectivity index (χ2v) is 3.92. The number of hydrogen-bond donors (Lipinski definition) is 0. The van der Waals surface area contributed by atoms with E-state index in [1.807, 2.05) is 0 Å². The van der Waals surface area contributed by atoms with Gasteiger partial charge in [0.25, 0.3) is 0 Å². The average molecular weight is 203 g/mol. The van der Waals surface area contributed by atoms with Crippen LogP contribution >= 0.6 is 11.3 Å². The molecule has 13 heavy (non-hydrogen) atoms. The standard InChI is InChI=1S/C8H7F2NOS/c9-8(10)1-5(2-8)7(12)6-3-13-4-11-6/h3-5H,1-2H2. The van der Waals surface area contributed by atoms with Gasteiger partial charge in [0.2, 0.25) is 5.92 Å². The van der Waals surface area contributed by atoms with Crippen molar-refractivity contribution in [1.29, 1.82) is 0 Å². The Morgan fingerprint density at radius 1 is 1.62 bits per heavy atom. The Kier molecular flexibility index (Phi) is 1.91. The highest BCUT2D eigenvalue weighted by molar-refractivity contribution is 7.07. The summed E-state index contributed by atoms with van der Waals surface area (Å²) in [5, 5.41) is 1.60. The summed E-state index contributed by atoms with van der Waals surface area (Å²) >= 11 is 1.30. The number of carbonyl (C=O) groups excluding carboxylic acids is 1. The van der Waals surface area contributed by atoms with E-state index in [2.05, 4.69) is 4.98 Å². The second kappa shape index (κ2) is 2.83. The van der Waals surface area contributed by atoms with Crippen LogP contribution in [0, 0.1) is 5.92 Å². The highest BCUT2D eigenvalue weighted by Crippen LogP contribution is 2.43. The van der Waals surface area contributed by atoms with E-state index < -0.39 is 11.8 Å². The number of thiazole rings is 1.